The molecule has 132 valence electrons. The minimum atomic E-state index is -0.331. The van der Waals surface area contributed by atoms with Crippen molar-refractivity contribution < 1.29 is 19.1 Å². The predicted octanol–water partition coefficient (Wildman–Crippen LogP) is 3.75. The van der Waals surface area contributed by atoms with E-state index in [4.69, 9.17) is 14.3 Å². The Balaban J connectivity index is 1.89. The highest BCUT2D eigenvalue weighted by molar-refractivity contribution is 5.91. The zero-order chi connectivity index (χ0) is 17.9. The number of carbonyl (C=O) groups is 1. The number of carbonyl (C=O) groups excluding carboxylic acids is 1. The Labute approximate surface area is 148 Å². The quantitative estimate of drug-likeness (QED) is 0.557. The molecule has 0 aliphatic heterocycles. The third kappa shape index (κ3) is 6.31. The Hall–Kier alpha value is -2.79. The van der Waals surface area contributed by atoms with Gasteiger partial charge in [0.2, 0.25) is 0 Å². The Bertz CT molecular complexity index is 698. The standard InChI is InChI=1S/C20H23NO4/c1-3-23-18-12-10-16(14-19(18)24-4-2)11-13-20(22)21-25-15-17-8-6-5-7-9-17/h5-14H,3-4,15H2,1-2H3,(H,21,22). The van der Waals surface area contributed by atoms with Crippen molar-refractivity contribution in [3.8, 4) is 11.5 Å². The molecule has 0 aliphatic rings. The second kappa shape index (κ2) is 10.2. The van der Waals surface area contributed by atoms with Crippen LogP contribution in [0, 0.1) is 0 Å². The van der Waals surface area contributed by atoms with Gasteiger partial charge in [-0.1, -0.05) is 36.4 Å². The van der Waals surface area contributed by atoms with Crippen molar-refractivity contribution in [3.63, 3.8) is 0 Å². The Kier molecular flexibility index (Phi) is 7.53. The summed E-state index contributed by atoms with van der Waals surface area (Å²) in [6, 6.07) is 15.2. The zero-order valence-electron chi connectivity index (χ0n) is 14.5. The predicted molar refractivity (Wildman–Crippen MR) is 97.2 cm³/mol. The van der Waals surface area contributed by atoms with Crippen molar-refractivity contribution >= 4 is 12.0 Å². The van der Waals surface area contributed by atoms with Gasteiger partial charge in [0, 0.05) is 6.08 Å². The summed E-state index contributed by atoms with van der Waals surface area (Å²) in [5.74, 6) is 1.02. The lowest BCUT2D eigenvalue weighted by molar-refractivity contribution is -0.129. The molecule has 0 saturated carbocycles. The van der Waals surface area contributed by atoms with Crippen molar-refractivity contribution in [2.24, 2.45) is 0 Å². The summed E-state index contributed by atoms with van der Waals surface area (Å²) in [7, 11) is 0. The molecule has 0 saturated heterocycles. The number of hydroxylamine groups is 1. The molecule has 0 radical (unpaired) electrons. The molecule has 0 fully saturated rings. The molecule has 2 rings (SSSR count). The van der Waals surface area contributed by atoms with Crippen LogP contribution < -0.4 is 15.0 Å². The van der Waals surface area contributed by atoms with Crippen LogP contribution in [0.5, 0.6) is 11.5 Å². The molecule has 0 unspecified atom stereocenters. The Morgan fingerprint density at radius 2 is 1.72 bits per heavy atom. The number of hydrogen-bond acceptors (Lipinski definition) is 4. The van der Waals surface area contributed by atoms with Gasteiger partial charge < -0.3 is 9.47 Å². The molecular weight excluding hydrogens is 318 g/mol. The summed E-state index contributed by atoms with van der Waals surface area (Å²) in [5, 5.41) is 0. The minimum absolute atomic E-state index is 0.317. The molecule has 5 nitrogen and oxygen atoms in total. The number of hydrogen-bond donors (Lipinski definition) is 1. The third-order valence-electron chi connectivity index (χ3n) is 3.25. The van der Waals surface area contributed by atoms with Gasteiger partial charge in [0.1, 0.15) is 0 Å². The number of rotatable bonds is 9. The van der Waals surface area contributed by atoms with E-state index in [0.29, 0.717) is 31.3 Å². The average Bonchev–Trinajstić information content (AvgIpc) is 2.63. The van der Waals surface area contributed by atoms with Crippen LogP contribution in [0.4, 0.5) is 0 Å². The van der Waals surface area contributed by atoms with E-state index in [-0.39, 0.29) is 5.91 Å². The van der Waals surface area contributed by atoms with Gasteiger partial charge in [-0.3, -0.25) is 9.63 Å². The van der Waals surface area contributed by atoms with Gasteiger partial charge in [-0.15, -0.1) is 0 Å². The van der Waals surface area contributed by atoms with Crippen LogP contribution in [0.3, 0.4) is 0 Å². The first-order valence-electron chi connectivity index (χ1n) is 8.26. The van der Waals surface area contributed by atoms with Gasteiger partial charge in [-0.2, -0.15) is 0 Å². The molecule has 25 heavy (non-hydrogen) atoms. The first-order valence-corrected chi connectivity index (χ1v) is 8.26. The lowest BCUT2D eigenvalue weighted by Gasteiger charge is -2.11. The fraction of sp³-hybridized carbons (Fsp3) is 0.250. The highest BCUT2D eigenvalue weighted by Gasteiger charge is 2.05. The summed E-state index contributed by atoms with van der Waals surface area (Å²) in [4.78, 5) is 17.0. The number of ether oxygens (including phenoxy) is 2. The smallest absolute Gasteiger partial charge is 0.267 e. The summed E-state index contributed by atoms with van der Waals surface area (Å²) in [5.41, 5.74) is 4.22. The van der Waals surface area contributed by atoms with E-state index in [1.165, 1.54) is 6.08 Å². The topological polar surface area (TPSA) is 56.8 Å². The monoisotopic (exact) mass is 341 g/mol. The fourth-order valence-electron chi connectivity index (χ4n) is 2.14. The largest absolute Gasteiger partial charge is 0.490 e. The average molecular weight is 341 g/mol. The van der Waals surface area contributed by atoms with Crippen LogP contribution in [0.2, 0.25) is 0 Å². The maximum Gasteiger partial charge on any atom is 0.267 e. The summed E-state index contributed by atoms with van der Waals surface area (Å²) in [6.07, 6.45) is 3.11. The van der Waals surface area contributed by atoms with Crippen molar-refractivity contribution in [3.05, 3.63) is 65.7 Å². The molecular formula is C20H23NO4. The second-order valence-electron chi connectivity index (χ2n) is 5.15. The third-order valence-corrected chi connectivity index (χ3v) is 3.25. The molecule has 0 spiro atoms. The van der Waals surface area contributed by atoms with E-state index in [1.54, 1.807) is 6.08 Å². The van der Waals surface area contributed by atoms with Crippen molar-refractivity contribution in [2.75, 3.05) is 13.2 Å². The van der Waals surface area contributed by atoms with Crippen molar-refractivity contribution in [2.45, 2.75) is 20.5 Å². The number of benzene rings is 2. The van der Waals surface area contributed by atoms with Gasteiger partial charge >= 0.3 is 0 Å². The normalized spacial score (nSPS) is 10.6. The van der Waals surface area contributed by atoms with E-state index in [0.717, 1.165) is 11.1 Å². The molecule has 1 N–H and O–H groups in total. The van der Waals surface area contributed by atoms with Crippen LogP contribution in [0.25, 0.3) is 6.08 Å². The first-order chi connectivity index (χ1) is 12.2. The van der Waals surface area contributed by atoms with Crippen LogP contribution >= 0.6 is 0 Å². The van der Waals surface area contributed by atoms with E-state index < -0.39 is 0 Å². The summed E-state index contributed by atoms with van der Waals surface area (Å²) < 4.78 is 11.1. The molecule has 0 heterocycles. The summed E-state index contributed by atoms with van der Waals surface area (Å²) >= 11 is 0. The van der Waals surface area contributed by atoms with E-state index in [9.17, 15) is 4.79 Å². The maximum absolute atomic E-state index is 11.8. The van der Waals surface area contributed by atoms with Gasteiger partial charge in [0.15, 0.2) is 11.5 Å². The highest BCUT2D eigenvalue weighted by Crippen LogP contribution is 2.28. The number of amides is 1. The molecule has 1 amide bonds. The van der Waals surface area contributed by atoms with Crippen molar-refractivity contribution in [1.82, 2.24) is 5.48 Å². The molecule has 2 aromatic carbocycles. The van der Waals surface area contributed by atoms with Gasteiger partial charge in [-0.25, -0.2) is 5.48 Å². The highest BCUT2D eigenvalue weighted by atomic mass is 16.6. The van der Waals surface area contributed by atoms with E-state index in [2.05, 4.69) is 5.48 Å². The fourth-order valence-corrected chi connectivity index (χ4v) is 2.14. The lowest BCUT2D eigenvalue weighted by Crippen LogP contribution is -2.21. The number of nitrogens with one attached hydrogen (secondary N) is 1. The van der Waals surface area contributed by atoms with Gasteiger partial charge in [-0.05, 0) is 43.2 Å². The molecule has 0 aliphatic carbocycles. The van der Waals surface area contributed by atoms with Crippen LogP contribution in [-0.4, -0.2) is 19.1 Å². The zero-order valence-corrected chi connectivity index (χ0v) is 14.5. The van der Waals surface area contributed by atoms with Crippen molar-refractivity contribution in [1.29, 1.82) is 0 Å². The molecule has 0 aromatic heterocycles. The van der Waals surface area contributed by atoms with E-state index in [1.807, 2.05) is 62.4 Å². The SMILES string of the molecule is CCOc1ccc(C=CC(=O)NOCc2ccccc2)cc1OCC. The first kappa shape index (κ1) is 18.5. The molecule has 0 bridgehead atoms. The summed E-state index contributed by atoms with van der Waals surface area (Å²) in [6.45, 7) is 5.26. The van der Waals surface area contributed by atoms with Crippen LogP contribution in [0.1, 0.15) is 25.0 Å². The molecule has 5 heteroatoms. The Morgan fingerprint density at radius 1 is 1.00 bits per heavy atom. The molecule has 0 atom stereocenters. The minimum Gasteiger partial charge on any atom is -0.490 e. The van der Waals surface area contributed by atoms with Gasteiger partial charge in [0.25, 0.3) is 5.91 Å². The Morgan fingerprint density at radius 3 is 2.44 bits per heavy atom. The van der Waals surface area contributed by atoms with Crippen LogP contribution in [0.15, 0.2) is 54.6 Å². The lowest BCUT2D eigenvalue weighted by atomic mass is 10.2. The van der Waals surface area contributed by atoms with E-state index >= 15 is 0 Å². The second-order valence-corrected chi connectivity index (χ2v) is 5.15. The maximum atomic E-state index is 11.8. The van der Waals surface area contributed by atoms with Crippen LogP contribution in [-0.2, 0) is 16.2 Å². The van der Waals surface area contributed by atoms with Gasteiger partial charge in [0.05, 0.1) is 19.8 Å². The molecule has 2 aromatic rings.